The lowest BCUT2D eigenvalue weighted by Crippen LogP contribution is -2.26. The highest BCUT2D eigenvalue weighted by Crippen LogP contribution is 2.20. The van der Waals surface area contributed by atoms with Crippen LogP contribution in [-0.2, 0) is 6.54 Å². The molecular weight excluding hydrogens is 295 g/mol. The minimum Gasteiger partial charge on any atom is -0.494 e. The van der Waals surface area contributed by atoms with E-state index in [0.717, 1.165) is 0 Å². The molecule has 0 N–H and O–H groups in total. The molecule has 2 rings (SSSR count). The fourth-order valence-electron chi connectivity index (χ4n) is 1.89. The van der Waals surface area contributed by atoms with Crippen LogP contribution in [0.1, 0.15) is 15.9 Å². The molecule has 0 spiro atoms. The van der Waals surface area contributed by atoms with Crippen molar-refractivity contribution in [2.45, 2.75) is 6.54 Å². The first-order valence-electron chi connectivity index (χ1n) is 6.20. The molecule has 6 heteroatoms. The number of benzene rings is 1. The molecule has 110 valence electrons. The molecule has 1 aromatic carbocycles. The maximum Gasteiger partial charge on any atom is 0.256 e. The Morgan fingerprint density at radius 2 is 2.19 bits per heavy atom. The van der Waals surface area contributed by atoms with Crippen molar-refractivity contribution in [3.63, 3.8) is 0 Å². The average Bonchev–Trinajstić information content (AvgIpc) is 2.47. The summed E-state index contributed by atoms with van der Waals surface area (Å²) in [5.41, 5.74) is 0.972. The van der Waals surface area contributed by atoms with Gasteiger partial charge in [0.15, 0.2) is 11.6 Å². The van der Waals surface area contributed by atoms with E-state index in [1.165, 1.54) is 36.5 Å². The van der Waals surface area contributed by atoms with Gasteiger partial charge in [0.1, 0.15) is 0 Å². The second-order valence-corrected chi connectivity index (χ2v) is 4.89. The SMILES string of the molecule is COc1ccc(CN(C)C(=O)c2cnccc2Cl)cc1F. The molecule has 21 heavy (non-hydrogen) atoms. The third kappa shape index (κ3) is 3.49. The second-order valence-electron chi connectivity index (χ2n) is 4.49. The number of amides is 1. The van der Waals surface area contributed by atoms with Crippen LogP contribution in [0.4, 0.5) is 4.39 Å². The van der Waals surface area contributed by atoms with Crippen LogP contribution in [0, 0.1) is 5.82 Å². The molecule has 1 heterocycles. The van der Waals surface area contributed by atoms with E-state index in [0.29, 0.717) is 16.1 Å². The highest BCUT2D eigenvalue weighted by molar-refractivity contribution is 6.33. The van der Waals surface area contributed by atoms with Gasteiger partial charge in [-0.15, -0.1) is 0 Å². The molecule has 0 unspecified atom stereocenters. The molecule has 0 aliphatic carbocycles. The first kappa shape index (κ1) is 15.3. The van der Waals surface area contributed by atoms with Gasteiger partial charge in [0.25, 0.3) is 5.91 Å². The molecule has 0 saturated heterocycles. The Balaban J connectivity index is 2.14. The lowest BCUT2D eigenvalue weighted by Gasteiger charge is -2.18. The van der Waals surface area contributed by atoms with Crippen LogP contribution < -0.4 is 4.74 Å². The van der Waals surface area contributed by atoms with Gasteiger partial charge in [-0.2, -0.15) is 0 Å². The molecule has 0 saturated carbocycles. The molecule has 4 nitrogen and oxygen atoms in total. The zero-order valence-electron chi connectivity index (χ0n) is 11.6. The maximum absolute atomic E-state index is 13.6. The van der Waals surface area contributed by atoms with E-state index in [9.17, 15) is 9.18 Å². The van der Waals surface area contributed by atoms with Crippen molar-refractivity contribution in [1.29, 1.82) is 0 Å². The van der Waals surface area contributed by atoms with Gasteiger partial charge in [-0.25, -0.2) is 4.39 Å². The zero-order chi connectivity index (χ0) is 15.4. The number of methoxy groups -OCH3 is 1. The van der Waals surface area contributed by atoms with E-state index in [1.54, 1.807) is 19.2 Å². The Kier molecular flexibility index (Phi) is 4.75. The van der Waals surface area contributed by atoms with Crippen molar-refractivity contribution in [3.8, 4) is 5.75 Å². The summed E-state index contributed by atoms with van der Waals surface area (Å²) in [7, 11) is 3.02. The van der Waals surface area contributed by atoms with Crippen LogP contribution in [0.15, 0.2) is 36.7 Å². The van der Waals surface area contributed by atoms with E-state index >= 15 is 0 Å². The largest absolute Gasteiger partial charge is 0.494 e. The minimum absolute atomic E-state index is 0.169. The van der Waals surface area contributed by atoms with E-state index < -0.39 is 5.82 Å². The van der Waals surface area contributed by atoms with Crippen molar-refractivity contribution in [2.24, 2.45) is 0 Å². The molecule has 0 fully saturated rings. The summed E-state index contributed by atoms with van der Waals surface area (Å²) < 4.78 is 18.5. The van der Waals surface area contributed by atoms with Crippen molar-refractivity contribution in [1.82, 2.24) is 9.88 Å². The van der Waals surface area contributed by atoms with Crippen LogP contribution in [0.5, 0.6) is 5.75 Å². The second kappa shape index (κ2) is 6.54. The number of aromatic nitrogens is 1. The van der Waals surface area contributed by atoms with E-state index in [-0.39, 0.29) is 18.2 Å². The number of nitrogens with zero attached hydrogens (tertiary/aromatic N) is 2. The lowest BCUT2D eigenvalue weighted by atomic mass is 10.2. The summed E-state index contributed by atoms with van der Waals surface area (Å²) in [5.74, 6) is -0.567. The molecule has 0 aliphatic rings. The van der Waals surface area contributed by atoms with Gasteiger partial charge in [-0.05, 0) is 23.8 Å². The molecule has 2 aromatic rings. The molecule has 0 aliphatic heterocycles. The lowest BCUT2D eigenvalue weighted by molar-refractivity contribution is 0.0784. The number of hydrogen-bond acceptors (Lipinski definition) is 3. The summed E-state index contributed by atoms with van der Waals surface area (Å²) in [6, 6.07) is 6.12. The van der Waals surface area contributed by atoms with E-state index in [1.807, 2.05) is 0 Å². The summed E-state index contributed by atoms with van der Waals surface area (Å²) in [6.07, 6.45) is 2.92. The monoisotopic (exact) mass is 308 g/mol. The number of halogens is 2. The van der Waals surface area contributed by atoms with Crippen molar-refractivity contribution in [2.75, 3.05) is 14.2 Å². The van der Waals surface area contributed by atoms with Crippen LogP contribution >= 0.6 is 11.6 Å². The van der Waals surface area contributed by atoms with Gasteiger partial charge in [0, 0.05) is 26.0 Å². The summed E-state index contributed by atoms with van der Waals surface area (Å²) in [5, 5.41) is 0.336. The van der Waals surface area contributed by atoms with Crippen molar-refractivity contribution >= 4 is 17.5 Å². The maximum atomic E-state index is 13.6. The highest BCUT2D eigenvalue weighted by Gasteiger charge is 2.16. The third-order valence-corrected chi connectivity index (χ3v) is 3.31. The first-order valence-corrected chi connectivity index (χ1v) is 6.58. The van der Waals surface area contributed by atoms with Gasteiger partial charge in [-0.1, -0.05) is 17.7 Å². The van der Waals surface area contributed by atoms with E-state index in [4.69, 9.17) is 16.3 Å². The zero-order valence-corrected chi connectivity index (χ0v) is 12.4. The highest BCUT2D eigenvalue weighted by atomic mass is 35.5. The first-order chi connectivity index (χ1) is 10.0. The molecule has 1 aromatic heterocycles. The predicted octanol–water partition coefficient (Wildman–Crippen LogP) is 3.15. The summed E-state index contributed by atoms with van der Waals surface area (Å²) >= 11 is 5.97. The number of ether oxygens (including phenoxy) is 1. The van der Waals surface area contributed by atoms with Crippen LogP contribution in [0.2, 0.25) is 5.02 Å². The number of pyridine rings is 1. The predicted molar refractivity (Wildman–Crippen MR) is 78.0 cm³/mol. The Morgan fingerprint density at radius 1 is 1.43 bits per heavy atom. The van der Waals surface area contributed by atoms with Crippen molar-refractivity contribution in [3.05, 3.63) is 58.6 Å². The van der Waals surface area contributed by atoms with E-state index in [2.05, 4.69) is 4.98 Å². The quantitative estimate of drug-likeness (QED) is 0.871. The molecule has 0 radical (unpaired) electrons. The Hall–Kier alpha value is -2.14. The third-order valence-electron chi connectivity index (χ3n) is 2.98. The van der Waals surface area contributed by atoms with Crippen LogP contribution in [0.3, 0.4) is 0 Å². The van der Waals surface area contributed by atoms with Gasteiger partial charge in [0.05, 0.1) is 17.7 Å². The smallest absolute Gasteiger partial charge is 0.256 e. The number of rotatable bonds is 4. The Bertz CT molecular complexity index is 664. The van der Waals surface area contributed by atoms with Crippen LogP contribution in [0.25, 0.3) is 0 Å². The number of carbonyl (C=O) groups excluding carboxylic acids is 1. The summed E-state index contributed by atoms with van der Waals surface area (Å²) in [4.78, 5) is 17.6. The van der Waals surface area contributed by atoms with Gasteiger partial charge < -0.3 is 9.64 Å². The number of carbonyl (C=O) groups is 1. The van der Waals surface area contributed by atoms with Crippen molar-refractivity contribution < 1.29 is 13.9 Å². The molecular formula is C15H14ClFN2O2. The fraction of sp³-hybridized carbons (Fsp3) is 0.200. The van der Waals surface area contributed by atoms with Gasteiger partial charge in [-0.3, -0.25) is 9.78 Å². The molecule has 0 bridgehead atoms. The van der Waals surface area contributed by atoms with Gasteiger partial charge >= 0.3 is 0 Å². The Labute approximate surface area is 127 Å². The standard InChI is InChI=1S/C15H14ClFN2O2/c1-19(15(20)11-8-18-6-5-12(11)16)9-10-3-4-14(21-2)13(17)7-10/h3-8H,9H2,1-2H3. The fourth-order valence-corrected chi connectivity index (χ4v) is 2.08. The topological polar surface area (TPSA) is 42.4 Å². The minimum atomic E-state index is -0.463. The normalized spacial score (nSPS) is 10.3. The van der Waals surface area contributed by atoms with Gasteiger partial charge in [0.2, 0.25) is 0 Å². The number of hydrogen-bond donors (Lipinski definition) is 0. The van der Waals surface area contributed by atoms with Crippen LogP contribution in [-0.4, -0.2) is 29.9 Å². The average molecular weight is 309 g/mol. The Morgan fingerprint density at radius 3 is 2.81 bits per heavy atom. The summed E-state index contributed by atoms with van der Waals surface area (Å²) in [6.45, 7) is 0.255. The molecule has 1 amide bonds. The molecule has 0 atom stereocenters.